The van der Waals surface area contributed by atoms with E-state index < -0.39 is 13.5 Å². The summed E-state index contributed by atoms with van der Waals surface area (Å²) in [4.78, 5) is 2.57. The van der Waals surface area contributed by atoms with Gasteiger partial charge in [-0.25, -0.2) is 0 Å². The summed E-state index contributed by atoms with van der Waals surface area (Å²) >= 11 is 0. The summed E-state index contributed by atoms with van der Waals surface area (Å²) in [7, 11) is -2.77. The van der Waals surface area contributed by atoms with Crippen LogP contribution in [0.1, 0.15) is 22.3 Å². The molecule has 60 heavy (non-hydrogen) atoms. The number of rotatable bonds is 1. The molecule has 0 saturated heterocycles. The topological polar surface area (TPSA) is 12.5 Å². The van der Waals surface area contributed by atoms with Crippen LogP contribution in [-0.2, 0) is 5.41 Å². The normalized spacial score (nSPS) is 15.0. The SMILES string of the molecule is c1ccc2c(c1)Oc1ccccc1C21c2ccccc2N(c2ccc3c(c2)[Si]2(c4ccccc4-c4ccccc42)c2cc4ccccc4cc2-3)c2cc3ccccc3cc21. The first-order valence-electron chi connectivity index (χ1n) is 20.9. The molecule has 0 amide bonds. The molecule has 0 bridgehead atoms. The number of nitrogens with zero attached hydrogens (tertiary/aromatic N) is 1. The fourth-order valence-corrected chi connectivity index (χ4v) is 17.4. The van der Waals surface area contributed by atoms with Gasteiger partial charge in [-0.15, -0.1) is 0 Å². The number of benzene rings is 10. The van der Waals surface area contributed by atoms with Gasteiger partial charge in [-0.1, -0.05) is 164 Å². The molecule has 4 aliphatic rings. The molecule has 0 radical (unpaired) electrons. The van der Waals surface area contributed by atoms with E-state index in [1.54, 1.807) is 0 Å². The van der Waals surface area contributed by atoms with Crippen molar-refractivity contribution in [2.75, 3.05) is 4.90 Å². The summed E-state index contributed by atoms with van der Waals surface area (Å²) in [5, 5.41) is 10.9. The van der Waals surface area contributed by atoms with Gasteiger partial charge in [0.1, 0.15) is 11.5 Å². The van der Waals surface area contributed by atoms with Crippen molar-refractivity contribution in [2.45, 2.75) is 5.41 Å². The molecule has 0 aliphatic carbocycles. The van der Waals surface area contributed by atoms with E-state index in [-0.39, 0.29) is 0 Å². The van der Waals surface area contributed by atoms with Crippen LogP contribution >= 0.6 is 0 Å². The molecule has 4 aliphatic heterocycles. The van der Waals surface area contributed by atoms with Gasteiger partial charge in [-0.3, -0.25) is 0 Å². The molecule has 278 valence electrons. The Kier molecular flexibility index (Phi) is 6.28. The summed E-state index contributed by atoms with van der Waals surface area (Å²) in [5.41, 5.74) is 13.2. The molecule has 0 fully saturated rings. The lowest BCUT2D eigenvalue weighted by Gasteiger charge is -2.48. The van der Waals surface area contributed by atoms with Crippen LogP contribution in [0.4, 0.5) is 17.1 Å². The van der Waals surface area contributed by atoms with E-state index in [0.29, 0.717) is 0 Å². The van der Waals surface area contributed by atoms with Gasteiger partial charge in [0.2, 0.25) is 0 Å². The average molecular weight is 778 g/mol. The van der Waals surface area contributed by atoms with Crippen LogP contribution in [-0.4, -0.2) is 8.07 Å². The zero-order valence-electron chi connectivity index (χ0n) is 32.6. The van der Waals surface area contributed by atoms with Gasteiger partial charge in [-0.2, -0.15) is 0 Å². The Morgan fingerprint density at radius 1 is 0.333 bits per heavy atom. The minimum atomic E-state index is -2.77. The van der Waals surface area contributed by atoms with Crippen LogP contribution in [0.2, 0.25) is 0 Å². The fourth-order valence-electron chi connectivity index (χ4n) is 11.8. The zero-order valence-corrected chi connectivity index (χ0v) is 33.6. The van der Waals surface area contributed by atoms with E-state index in [1.807, 2.05) is 0 Å². The summed E-state index contributed by atoms with van der Waals surface area (Å²) in [6.45, 7) is 0. The fraction of sp³-hybridized carbons (Fsp3) is 0.0175. The lowest BCUT2D eigenvalue weighted by Crippen LogP contribution is -2.70. The highest BCUT2D eigenvalue weighted by molar-refractivity contribution is 7.24. The van der Waals surface area contributed by atoms with Gasteiger partial charge in [-0.05, 0) is 124 Å². The van der Waals surface area contributed by atoms with Crippen molar-refractivity contribution in [3.8, 4) is 33.8 Å². The number of hydrogen-bond acceptors (Lipinski definition) is 2. The van der Waals surface area contributed by atoms with Crippen LogP contribution < -0.4 is 30.4 Å². The molecular formula is C57H35NOSi. The van der Waals surface area contributed by atoms with Crippen molar-refractivity contribution in [2.24, 2.45) is 0 Å². The van der Waals surface area contributed by atoms with E-state index in [4.69, 9.17) is 4.74 Å². The minimum Gasteiger partial charge on any atom is -0.457 e. The summed E-state index contributed by atoms with van der Waals surface area (Å²) in [5.74, 6) is 1.79. The number of para-hydroxylation sites is 3. The van der Waals surface area contributed by atoms with Crippen LogP contribution in [0.25, 0.3) is 43.8 Å². The van der Waals surface area contributed by atoms with Crippen LogP contribution in [0.15, 0.2) is 212 Å². The maximum atomic E-state index is 6.75. The quantitative estimate of drug-likeness (QED) is 0.154. The molecule has 10 aromatic carbocycles. The Morgan fingerprint density at radius 2 is 0.833 bits per heavy atom. The molecule has 0 atom stereocenters. The molecule has 4 heterocycles. The Labute approximate surface area is 349 Å². The average Bonchev–Trinajstić information content (AvgIpc) is 3.76. The smallest absolute Gasteiger partial charge is 0.182 e. The van der Waals surface area contributed by atoms with E-state index in [9.17, 15) is 0 Å². The number of anilines is 3. The predicted octanol–water partition coefficient (Wildman–Crippen LogP) is 11.6. The summed E-state index contributed by atoms with van der Waals surface area (Å²) in [6, 6.07) is 80.0. The van der Waals surface area contributed by atoms with Gasteiger partial charge in [0.05, 0.1) is 16.8 Å². The van der Waals surface area contributed by atoms with E-state index >= 15 is 0 Å². The highest BCUT2D eigenvalue weighted by Gasteiger charge is 2.55. The first-order valence-corrected chi connectivity index (χ1v) is 22.9. The molecule has 10 aromatic rings. The summed E-state index contributed by atoms with van der Waals surface area (Å²) < 4.78 is 6.75. The second-order valence-corrected chi connectivity index (χ2v) is 20.4. The summed E-state index contributed by atoms with van der Waals surface area (Å²) in [6.07, 6.45) is 0. The third-order valence-electron chi connectivity index (χ3n) is 14.1. The molecule has 2 spiro atoms. The number of fused-ring (bicyclic) bond motifs is 20. The lowest BCUT2D eigenvalue weighted by molar-refractivity contribution is 0.434. The number of hydrogen-bond donors (Lipinski definition) is 0. The maximum absolute atomic E-state index is 6.75. The Morgan fingerprint density at radius 3 is 1.52 bits per heavy atom. The highest BCUT2D eigenvalue weighted by atomic mass is 28.3. The molecular weight excluding hydrogens is 743 g/mol. The third kappa shape index (κ3) is 3.89. The largest absolute Gasteiger partial charge is 0.457 e. The van der Waals surface area contributed by atoms with Crippen molar-refractivity contribution in [1.29, 1.82) is 0 Å². The Bertz CT molecular complexity index is 3420. The molecule has 0 saturated carbocycles. The van der Waals surface area contributed by atoms with E-state index in [2.05, 4.69) is 217 Å². The van der Waals surface area contributed by atoms with Crippen LogP contribution in [0.3, 0.4) is 0 Å². The molecule has 0 N–H and O–H groups in total. The molecule has 3 heteroatoms. The standard InChI is InChI=1S/C57H35NOSi/c1-4-18-39-34-55-44(31-36(39)15-1)43-30-29-40(35-56(43)60(55)53-27-13-5-19-41(53)42-20-6-14-28-54(42)60)58-49-24-10-7-21-45(49)57(48-32-37-16-2-3-17-38(37)33-50(48)58)46-22-8-11-25-51(46)59-52-26-12-9-23-47(52)57/h1-35H. The Balaban J connectivity index is 1.10. The second kappa shape index (κ2) is 11.6. The molecule has 0 aromatic heterocycles. The third-order valence-corrected chi connectivity index (χ3v) is 19.0. The van der Waals surface area contributed by atoms with Gasteiger partial charge in [0.25, 0.3) is 0 Å². The van der Waals surface area contributed by atoms with Gasteiger partial charge < -0.3 is 9.64 Å². The van der Waals surface area contributed by atoms with Crippen molar-refractivity contribution in [1.82, 2.24) is 0 Å². The van der Waals surface area contributed by atoms with Crippen LogP contribution in [0.5, 0.6) is 11.5 Å². The second-order valence-electron chi connectivity index (χ2n) is 16.7. The molecule has 2 nitrogen and oxygen atoms in total. The molecule has 0 unspecified atom stereocenters. The van der Waals surface area contributed by atoms with Crippen LogP contribution in [0, 0.1) is 0 Å². The zero-order chi connectivity index (χ0) is 39.2. The first kappa shape index (κ1) is 32.5. The van der Waals surface area contributed by atoms with Crippen molar-refractivity contribution in [3.63, 3.8) is 0 Å². The lowest BCUT2D eigenvalue weighted by atomic mass is 9.61. The highest BCUT2D eigenvalue weighted by Crippen LogP contribution is 2.63. The van der Waals surface area contributed by atoms with Gasteiger partial charge in [0.15, 0.2) is 8.07 Å². The predicted molar refractivity (Wildman–Crippen MR) is 250 cm³/mol. The van der Waals surface area contributed by atoms with Crippen molar-refractivity contribution >= 4 is 67.4 Å². The van der Waals surface area contributed by atoms with Crippen molar-refractivity contribution < 1.29 is 4.74 Å². The van der Waals surface area contributed by atoms with Crippen molar-refractivity contribution in [3.05, 3.63) is 235 Å². The monoisotopic (exact) mass is 777 g/mol. The Hall–Kier alpha value is -7.46. The van der Waals surface area contributed by atoms with E-state index in [0.717, 1.165) is 22.6 Å². The minimum absolute atomic E-state index is 0.621. The van der Waals surface area contributed by atoms with Gasteiger partial charge >= 0.3 is 0 Å². The van der Waals surface area contributed by atoms with Gasteiger partial charge in [0, 0.05) is 16.8 Å². The maximum Gasteiger partial charge on any atom is 0.182 e. The number of ether oxygens (including phenoxy) is 1. The molecule has 14 rings (SSSR count). The first-order chi connectivity index (χ1) is 29.7. The van der Waals surface area contributed by atoms with E-state index in [1.165, 1.54) is 92.7 Å².